The van der Waals surface area contributed by atoms with Gasteiger partial charge in [0.25, 0.3) is 0 Å². The summed E-state index contributed by atoms with van der Waals surface area (Å²) in [6.07, 6.45) is -4.44. The van der Waals surface area contributed by atoms with Crippen LogP contribution in [0, 0.1) is 0 Å². The number of nitrogens with zero attached hydrogens (tertiary/aromatic N) is 3. The summed E-state index contributed by atoms with van der Waals surface area (Å²) in [7, 11) is 0. The zero-order valence-corrected chi connectivity index (χ0v) is 10.1. The van der Waals surface area contributed by atoms with E-state index in [1.165, 1.54) is 0 Å². The van der Waals surface area contributed by atoms with Gasteiger partial charge in [0.05, 0.1) is 18.9 Å². The van der Waals surface area contributed by atoms with E-state index in [4.69, 9.17) is 4.74 Å². The molecule has 0 radical (unpaired) electrons. The molecule has 0 bridgehead atoms. The van der Waals surface area contributed by atoms with Crippen LogP contribution in [0.25, 0.3) is 0 Å². The quantitative estimate of drug-likeness (QED) is 0.826. The normalized spacial score (nSPS) is 19.6. The van der Waals surface area contributed by atoms with E-state index in [1.807, 2.05) is 0 Å². The van der Waals surface area contributed by atoms with Gasteiger partial charge in [-0.05, 0) is 0 Å². The zero-order valence-electron chi connectivity index (χ0n) is 10.1. The number of nitrogens with one attached hydrogen (secondary N) is 1. The average Bonchev–Trinajstić information content (AvgIpc) is 2.85. The molecule has 2 aliphatic rings. The van der Waals surface area contributed by atoms with Crippen molar-refractivity contribution in [3.63, 3.8) is 0 Å². The van der Waals surface area contributed by atoms with Gasteiger partial charge in [-0.25, -0.2) is 9.97 Å². The molecule has 0 aliphatic carbocycles. The van der Waals surface area contributed by atoms with Crippen LogP contribution in [0.1, 0.15) is 17.0 Å². The van der Waals surface area contributed by atoms with E-state index in [2.05, 4.69) is 15.3 Å². The minimum absolute atomic E-state index is 0.151. The Morgan fingerprint density at radius 2 is 1.84 bits per heavy atom. The van der Waals surface area contributed by atoms with Crippen molar-refractivity contribution in [3.8, 4) is 0 Å². The molecule has 1 aromatic heterocycles. The second kappa shape index (κ2) is 4.61. The highest BCUT2D eigenvalue weighted by atomic mass is 19.4. The molecule has 2 aliphatic heterocycles. The van der Waals surface area contributed by atoms with Gasteiger partial charge >= 0.3 is 6.18 Å². The van der Waals surface area contributed by atoms with Crippen molar-refractivity contribution in [1.29, 1.82) is 0 Å². The summed E-state index contributed by atoms with van der Waals surface area (Å²) in [5.74, 6) is 0.151. The van der Waals surface area contributed by atoms with E-state index in [-0.39, 0.29) is 18.1 Å². The van der Waals surface area contributed by atoms with E-state index in [0.717, 1.165) is 0 Å². The predicted octanol–water partition coefficient (Wildman–Crippen LogP) is 0.935. The third kappa shape index (κ3) is 2.37. The highest BCUT2D eigenvalue weighted by molar-refractivity contribution is 5.40. The summed E-state index contributed by atoms with van der Waals surface area (Å²) in [6, 6.07) is 0. The van der Waals surface area contributed by atoms with Crippen molar-refractivity contribution in [3.05, 3.63) is 17.0 Å². The van der Waals surface area contributed by atoms with E-state index < -0.39 is 11.9 Å². The molecular weight excluding hydrogens is 261 g/mol. The Balaban J connectivity index is 2.02. The number of hydrogen-bond acceptors (Lipinski definition) is 5. The van der Waals surface area contributed by atoms with Crippen LogP contribution in [0.5, 0.6) is 0 Å². The summed E-state index contributed by atoms with van der Waals surface area (Å²) in [4.78, 5) is 9.71. The van der Waals surface area contributed by atoms with Crippen LogP contribution in [-0.4, -0.2) is 36.3 Å². The maximum absolute atomic E-state index is 13.0. The summed E-state index contributed by atoms with van der Waals surface area (Å²) in [5.41, 5.74) is -0.197. The van der Waals surface area contributed by atoms with Gasteiger partial charge in [-0.2, -0.15) is 13.2 Å². The first kappa shape index (κ1) is 12.6. The number of fused-ring (bicyclic) bond motifs is 1. The summed E-state index contributed by atoms with van der Waals surface area (Å²) < 4.78 is 44.3. The molecule has 19 heavy (non-hydrogen) atoms. The van der Waals surface area contributed by atoms with Gasteiger partial charge in [-0.1, -0.05) is 0 Å². The Labute approximate surface area is 107 Å². The molecule has 3 rings (SSSR count). The molecule has 1 N–H and O–H groups in total. The van der Waals surface area contributed by atoms with Crippen molar-refractivity contribution in [2.75, 3.05) is 31.2 Å². The molecule has 1 saturated heterocycles. The Hall–Kier alpha value is -1.41. The van der Waals surface area contributed by atoms with Gasteiger partial charge in [-0.15, -0.1) is 0 Å². The molecule has 3 heterocycles. The van der Waals surface area contributed by atoms with Crippen molar-refractivity contribution in [1.82, 2.24) is 15.3 Å². The summed E-state index contributed by atoms with van der Waals surface area (Å²) in [5, 5.41) is 2.88. The van der Waals surface area contributed by atoms with Gasteiger partial charge in [0.2, 0.25) is 5.95 Å². The van der Waals surface area contributed by atoms with Crippen LogP contribution in [0.15, 0.2) is 0 Å². The smallest absolute Gasteiger partial charge is 0.378 e. The first-order valence-corrected chi connectivity index (χ1v) is 6.06. The molecule has 0 atom stereocenters. The first-order valence-electron chi connectivity index (χ1n) is 6.06. The molecular formula is C11H13F3N4O. The van der Waals surface area contributed by atoms with Gasteiger partial charge in [0, 0.05) is 31.7 Å². The highest BCUT2D eigenvalue weighted by Gasteiger charge is 2.39. The number of ether oxygens (including phenoxy) is 1. The number of halogens is 3. The molecule has 1 fully saturated rings. The van der Waals surface area contributed by atoms with Crippen molar-refractivity contribution in [2.45, 2.75) is 19.3 Å². The second-order valence-corrected chi connectivity index (χ2v) is 4.50. The van der Waals surface area contributed by atoms with Gasteiger partial charge in [0.15, 0.2) is 5.69 Å². The number of anilines is 1. The number of alkyl halides is 3. The molecule has 0 aromatic carbocycles. The number of hydrogen-bond donors (Lipinski definition) is 1. The Morgan fingerprint density at radius 3 is 2.53 bits per heavy atom. The maximum Gasteiger partial charge on any atom is 0.433 e. The van der Waals surface area contributed by atoms with E-state index in [9.17, 15) is 13.2 Å². The Kier molecular flexibility index (Phi) is 3.06. The lowest BCUT2D eigenvalue weighted by Crippen LogP contribution is -2.38. The molecule has 8 heteroatoms. The zero-order chi connectivity index (χ0) is 13.5. The average molecular weight is 274 g/mol. The van der Waals surface area contributed by atoms with Gasteiger partial charge < -0.3 is 15.0 Å². The molecule has 0 saturated carbocycles. The third-order valence-electron chi connectivity index (χ3n) is 3.24. The molecule has 0 amide bonds. The third-order valence-corrected chi connectivity index (χ3v) is 3.24. The molecule has 5 nitrogen and oxygen atoms in total. The second-order valence-electron chi connectivity index (χ2n) is 4.50. The highest BCUT2D eigenvalue weighted by Crippen LogP contribution is 2.34. The first-order chi connectivity index (χ1) is 9.05. The van der Waals surface area contributed by atoms with Crippen LogP contribution in [-0.2, 0) is 24.0 Å². The maximum atomic E-state index is 13.0. The van der Waals surface area contributed by atoms with Gasteiger partial charge in [0.1, 0.15) is 0 Å². The van der Waals surface area contributed by atoms with Crippen LogP contribution in [0.2, 0.25) is 0 Å². The molecule has 1 aromatic rings. The van der Waals surface area contributed by atoms with Crippen LogP contribution in [0.4, 0.5) is 19.1 Å². The fourth-order valence-electron chi connectivity index (χ4n) is 2.29. The van der Waals surface area contributed by atoms with Crippen LogP contribution >= 0.6 is 0 Å². The Bertz CT molecular complexity index is 486. The number of rotatable bonds is 1. The van der Waals surface area contributed by atoms with E-state index in [0.29, 0.717) is 38.5 Å². The molecule has 0 unspecified atom stereocenters. The fourth-order valence-corrected chi connectivity index (χ4v) is 2.29. The van der Waals surface area contributed by atoms with Crippen molar-refractivity contribution in [2.24, 2.45) is 0 Å². The fraction of sp³-hybridized carbons (Fsp3) is 0.636. The molecule has 104 valence electrons. The lowest BCUT2D eigenvalue weighted by molar-refractivity contribution is -0.141. The largest absolute Gasteiger partial charge is 0.433 e. The van der Waals surface area contributed by atoms with Gasteiger partial charge in [-0.3, -0.25) is 0 Å². The summed E-state index contributed by atoms with van der Waals surface area (Å²) >= 11 is 0. The standard InChI is InChI=1S/C11H13F3N4O/c12-11(13,14)9-7-5-15-6-8(7)16-10(17-9)18-1-3-19-4-2-18/h15H,1-6H2. The topological polar surface area (TPSA) is 50.3 Å². The minimum Gasteiger partial charge on any atom is -0.378 e. The Morgan fingerprint density at radius 1 is 1.11 bits per heavy atom. The van der Waals surface area contributed by atoms with E-state index >= 15 is 0 Å². The monoisotopic (exact) mass is 274 g/mol. The summed E-state index contributed by atoms with van der Waals surface area (Å²) in [6.45, 7) is 2.54. The lowest BCUT2D eigenvalue weighted by atomic mass is 10.2. The van der Waals surface area contributed by atoms with Crippen LogP contribution < -0.4 is 10.2 Å². The number of aromatic nitrogens is 2. The molecule has 0 spiro atoms. The number of morpholine rings is 1. The van der Waals surface area contributed by atoms with Crippen LogP contribution in [0.3, 0.4) is 0 Å². The predicted molar refractivity (Wildman–Crippen MR) is 60.6 cm³/mol. The van der Waals surface area contributed by atoms with Crippen molar-refractivity contribution < 1.29 is 17.9 Å². The van der Waals surface area contributed by atoms with E-state index in [1.54, 1.807) is 4.90 Å². The lowest BCUT2D eigenvalue weighted by Gasteiger charge is -2.27. The minimum atomic E-state index is -4.44. The van der Waals surface area contributed by atoms with Crippen molar-refractivity contribution >= 4 is 5.95 Å². The SMILES string of the molecule is FC(F)(F)c1nc(N2CCOCC2)nc2c1CNC2.